The average molecular weight is 746 g/mol. The van der Waals surface area contributed by atoms with E-state index in [1.807, 2.05) is 0 Å². The highest BCUT2D eigenvalue weighted by molar-refractivity contribution is 5.83. The normalized spacial score (nSPS) is 18.5. The number of ether oxygens (including phenoxy) is 1. The standard InChI is InChI=1S/C39H41F6N3O5/c1-6-23-14-29(41)36(37(42)35(23)34-21(4)12-25(40)13-22(34)5)30(16-33(50)51)46-38(52)31(11-20(2)3)48-17-24(28(15-32(48)49)39(43,44)45)9-10-47-26-7-8-27(47)19-53-18-26/h1,12-15,17,20,26-27,30-31H,7-11,16,18-19H2,2-5H3,(H,46,52)(H,50,51)/t26?,27?,30-,31+/m1/s1. The van der Waals surface area contributed by atoms with E-state index in [9.17, 15) is 37.1 Å². The lowest BCUT2D eigenvalue weighted by atomic mass is 9.88. The van der Waals surface area contributed by atoms with Crippen LogP contribution in [-0.2, 0) is 26.9 Å². The number of terminal acetylenes is 1. The van der Waals surface area contributed by atoms with Crippen molar-refractivity contribution in [2.24, 2.45) is 5.92 Å². The van der Waals surface area contributed by atoms with Crippen molar-refractivity contribution in [2.75, 3.05) is 19.8 Å². The molecule has 0 aliphatic carbocycles. The number of benzene rings is 2. The molecule has 8 nitrogen and oxygen atoms in total. The molecule has 2 fully saturated rings. The molecule has 2 aliphatic heterocycles. The molecule has 2 aliphatic rings. The summed E-state index contributed by atoms with van der Waals surface area (Å²) >= 11 is 0. The molecule has 2 saturated heterocycles. The summed E-state index contributed by atoms with van der Waals surface area (Å²) in [5.74, 6) is -3.85. The average Bonchev–Trinajstić information content (AvgIpc) is 3.26. The molecule has 2 N–H and O–H groups in total. The van der Waals surface area contributed by atoms with Crippen molar-refractivity contribution < 1.29 is 45.8 Å². The molecule has 1 aromatic heterocycles. The smallest absolute Gasteiger partial charge is 0.416 e. The Balaban J connectivity index is 1.57. The minimum absolute atomic E-state index is 0.0616. The van der Waals surface area contributed by atoms with Crippen LogP contribution in [0.5, 0.6) is 0 Å². The van der Waals surface area contributed by atoms with Crippen molar-refractivity contribution in [3.63, 3.8) is 0 Å². The second-order valence-electron chi connectivity index (χ2n) is 14.2. The van der Waals surface area contributed by atoms with E-state index in [0.29, 0.717) is 19.3 Å². The third kappa shape index (κ3) is 8.47. The summed E-state index contributed by atoms with van der Waals surface area (Å²) in [5.41, 5.74) is -3.23. The Morgan fingerprint density at radius 1 is 1.04 bits per heavy atom. The van der Waals surface area contributed by atoms with E-state index in [2.05, 4.69) is 16.1 Å². The van der Waals surface area contributed by atoms with Gasteiger partial charge < -0.3 is 19.7 Å². The number of nitrogens with one attached hydrogen (secondary N) is 1. The summed E-state index contributed by atoms with van der Waals surface area (Å²) in [4.78, 5) is 41.7. The molecule has 0 saturated carbocycles. The number of halogens is 6. The summed E-state index contributed by atoms with van der Waals surface area (Å²) in [6, 6.07) is 0.280. The first-order valence-corrected chi connectivity index (χ1v) is 17.3. The topological polar surface area (TPSA) is 101 Å². The van der Waals surface area contributed by atoms with Crippen LogP contribution in [0.15, 0.2) is 35.3 Å². The van der Waals surface area contributed by atoms with Crippen LogP contribution in [0.2, 0.25) is 0 Å². The first-order valence-electron chi connectivity index (χ1n) is 17.3. The lowest BCUT2D eigenvalue weighted by Crippen LogP contribution is -2.46. The van der Waals surface area contributed by atoms with E-state index < -0.39 is 70.7 Å². The highest BCUT2D eigenvalue weighted by Gasteiger charge is 2.39. The van der Waals surface area contributed by atoms with Crippen LogP contribution >= 0.6 is 0 Å². The van der Waals surface area contributed by atoms with Gasteiger partial charge in [-0.2, -0.15) is 13.2 Å². The Kier molecular flexibility index (Phi) is 11.8. The predicted molar refractivity (Wildman–Crippen MR) is 185 cm³/mol. The number of nitrogens with zero attached hydrogens (tertiary/aromatic N) is 2. The molecule has 4 atom stereocenters. The number of rotatable bonds is 12. The SMILES string of the molecule is C#Cc1cc(F)c([C@@H](CC(=O)O)NC(=O)[C@H](CC(C)C)n2cc(CCN3C4CCC3COC4)c(C(F)(F)F)cc2=O)c(F)c1-c1c(C)cc(F)cc1C. The Morgan fingerprint density at radius 2 is 1.66 bits per heavy atom. The third-order valence-corrected chi connectivity index (χ3v) is 10.0. The monoisotopic (exact) mass is 745 g/mol. The van der Waals surface area contributed by atoms with E-state index in [4.69, 9.17) is 11.2 Å². The van der Waals surface area contributed by atoms with Gasteiger partial charge in [-0.05, 0) is 85.9 Å². The Hall–Kier alpha value is -4.61. The van der Waals surface area contributed by atoms with Crippen molar-refractivity contribution in [2.45, 2.75) is 90.1 Å². The van der Waals surface area contributed by atoms with E-state index in [0.717, 1.165) is 41.8 Å². The second kappa shape index (κ2) is 15.8. The lowest BCUT2D eigenvalue weighted by molar-refractivity contribution is -0.139. The molecule has 2 bridgehead atoms. The molecular formula is C39H41F6N3O5. The number of morpholine rings is 1. The number of pyridine rings is 1. The van der Waals surface area contributed by atoms with Gasteiger partial charge in [-0.3, -0.25) is 19.3 Å². The molecule has 0 radical (unpaired) electrons. The second-order valence-corrected chi connectivity index (χ2v) is 14.2. The van der Waals surface area contributed by atoms with Gasteiger partial charge in [-0.1, -0.05) is 19.8 Å². The molecule has 2 aromatic carbocycles. The fourth-order valence-electron chi connectivity index (χ4n) is 7.70. The minimum atomic E-state index is -4.88. The van der Waals surface area contributed by atoms with Gasteiger partial charge in [0.15, 0.2) is 0 Å². The number of hydrogen-bond acceptors (Lipinski definition) is 5. The molecular weight excluding hydrogens is 704 g/mol. The molecule has 284 valence electrons. The van der Waals surface area contributed by atoms with Crippen LogP contribution < -0.4 is 10.9 Å². The predicted octanol–water partition coefficient (Wildman–Crippen LogP) is 6.87. The summed E-state index contributed by atoms with van der Waals surface area (Å²) < 4.78 is 95.9. The first-order chi connectivity index (χ1) is 24.9. The molecule has 53 heavy (non-hydrogen) atoms. The Labute approximate surface area is 303 Å². The largest absolute Gasteiger partial charge is 0.481 e. The van der Waals surface area contributed by atoms with E-state index in [1.165, 1.54) is 13.8 Å². The maximum Gasteiger partial charge on any atom is 0.416 e. The van der Waals surface area contributed by atoms with Gasteiger partial charge in [0.25, 0.3) is 5.56 Å². The lowest BCUT2D eigenvalue weighted by Gasteiger charge is -2.34. The van der Waals surface area contributed by atoms with Gasteiger partial charge >= 0.3 is 12.1 Å². The number of aryl methyl sites for hydroxylation is 2. The minimum Gasteiger partial charge on any atom is -0.481 e. The van der Waals surface area contributed by atoms with Crippen molar-refractivity contribution in [3.05, 3.63) is 91.6 Å². The molecule has 14 heteroatoms. The zero-order valence-corrected chi connectivity index (χ0v) is 29.8. The molecule has 0 spiro atoms. The van der Waals surface area contributed by atoms with Gasteiger partial charge in [-0.25, -0.2) is 13.2 Å². The zero-order chi connectivity index (χ0) is 38.9. The van der Waals surface area contributed by atoms with Crippen molar-refractivity contribution in [1.82, 2.24) is 14.8 Å². The van der Waals surface area contributed by atoms with Crippen LogP contribution in [0.25, 0.3) is 11.1 Å². The van der Waals surface area contributed by atoms with E-state index >= 15 is 8.78 Å². The molecule has 2 unspecified atom stereocenters. The Bertz CT molecular complexity index is 1960. The summed E-state index contributed by atoms with van der Waals surface area (Å²) in [6.07, 6.45) is 2.23. The highest BCUT2D eigenvalue weighted by atomic mass is 19.4. The van der Waals surface area contributed by atoms with E-state index in [1.54, 1.807) is 13.8 Å². The van der Waals surface area contributed by atoms with Gasteiger partial charge in [0, 0.05) is 47.6 Å². The third-order valence-electron chi connectivity index (χ3n) is 10.0. The van der Waals surface area contributed by atoms with Crippen molar-refractivity contribution in [1.29, 1.82) is 0 Å². The van der Waals surface area contributed by atoms with Crippen molar-refractivity contribution in [3.8, 4) is 23.5 Å². The maximum atomic E-state index is 16.6. The number of carboxylic acids is 1. The van der Waals surface area contributed by atoms with E-state index in [-0.39, 0.29) is 70.8 Å². The molecule has 3 aromatic rings. The number of aromatic nitrogens is 1. The zero-order valence-electron chi connectivity index (χ0n) is 29.8. The summed E-state index contributed by atoms with van der Waals surface area (Å²) in [6.45, 7) is 7.57. The van der Waals surface area contributed by atoms with Gasteiger partial charge in [0.1, 0.15) is 23.5 Å². The number of fused-ring (bicyclic) bond motifs is 2. The molecule has 3 heterocycles. The highest BCUT2D eigenvalue weighted by Crippen LogP contribution is 2.39. The molecule has 1 amide bonds. The quantitative estimate of drug-likeness (QED) is 0.155. The number of carboxylic acid groups (broad SMARTS) is 1. The van der Waals surface area contributed by atoms with Crippen LogP contribution in [0, 0.1) is 49.6 Å². The number of alkyl halides is 3. The van der Waals surface area contributed by atoms with Crippen molar-refractivity contribution >= 4 is 11.9 Å². The number of hydrogen-bond donors (Lipinski definition) is 2. The maximum absolute atomic E-state index is 16.6. The first kappa shape index (κ1) is 39.6. The van der Waals surface area contributed by atoms with Gasteiger partial charge in [0.2, 0.25) is 5.91 Å². The number of amides is 1. The fourth-order valence-corrected chi connectivity index (χ4v) is 7.70. The Morgan fingerprint density at radius 3 is 2.21 bits per heavy atom. The summed E-state index contributed by atoms with van der Waals surface area (Å²) in [7, 11) is 0. The van der Waals surface area contributed by atoms with Crippen LogP contribution in [-0.4, -0.2) is 58.3 Å². The number of carbonyl (C=O) groups excluding carboxylic acids is 1. The number of carbonyl (C=O) groups is 2. The van der Waals surface area contributed by atoms with Gasteiger partial charge in [-0.15, -0.1) is 6.42 Å². The summed E-state index contributed by atoms with van der Waals surface area (Å²) in [5, 5.41) is 12.2. The van der Waals surface area contributed by atoms with Crippen LogP contribution in [0.3, 0.4) is 0 Å². The fraction of sp³-hybridized carbons (Fsp3) is 0.462. The number of aliphatic carboxylic acids is 1. The van der Waals surface area contributed by atoms with Gasteiger partial charge in [0.05, 0.1) is 31.2 Å². The van der Waals surface area contributed by atoms with Crippen LogP contribution in [0.4, 0.5) is 26.3 Å². The molecule has 5 rings (SSSR count). The van der Waals surface area contributed by atoms with Crippen LogP contribution in [0.1, 0.15) is 85.0 Å².